The summed E-state index contributed by atoms with van der Waals surface area (Å²) in [5, 5.41) is 4.51. The van der Waals surface area contributed by atoms with E-state index in [1.54, 1.807) is 0 Å². The Morgan fingerprint density at radius 2 is 0.840 bits per heavy atom. The van der Waals surface area contributed by atoms with Crippen molar-refractivity contribution in [2.45, 2.75) is 19.6 Å². The molecule has 0 amide bonds. The van der Waals surface area contributed by atoms with Crippen LogP contribution in [0.3, 0.4) is 0 Å². The van der Waals surface area contributed by atoms with Crippen LogP contribution in [0.5, 0.6) is 0 Å². The van der Waals surface area contributed by atoms with Crippen LogP contribution >= 0.6 is 7.26 Å². The van der Waals surface area contributed by atoms with Crippen molar-refractivity contribution < 1.29 is 24.0 Å². The Bertz CT molecular complexity index is 671. The van der Waals surface area contributed by atoms with Gasteiger partial charge in [0.2, 0.25) is 0 Å². The molecule has 0 bridgehead atoms. The summed E-state index contributed by atoms with van der Waals surface area (Å²) in [7, 11) is -2.90. The first-order valence-corrected chi connectivity index (χ1v) is 14.3. The van der Waals surface area contributed by atoms with Gasteiger partial charge >= 0.3 is 0 Å². The highest BCUT2D eigenvalue weighted by Crippen LogP contribution is 2.56. The molecule has 25 heavy (non-hydrogen) atoms. The van der Waals surface area contributed by atoms with Crippen LogP contribution in [0.1, 0.15) is 0 Å². The third kappa shape index (κ3) is 4.61. The number of benzene rings is 3. The lowest BCUT2D eigenvalue weighted by Crippen LogP contribution is -3.00. The summed E-state index contributed by atoms with van der Waals surface area (Å²) in [6.07, 6.45) is 0. The highest BCUT2D eigenvalue weighted by atomic mass is 127. The molecule has 0 saturated carbocycles. The molecule has 0 saturated heterocycles. The van der Waals surface area contributed by atoms with Crippen LogP contribution in [0, 0.1) is 0 Å². The SMILES string of the molecule is C[Si](C)(C)C[P+](c1ccccc1)(c1ccccc1)c1ccccc1.[I-]. The lowest BCUT2D eigenvalue weighted by Gasteiger charge is -2.32. The van der Waals surface area contributed by atoms with Gasteiger partial charge in [0, 0.05) is 0 Å². The maximum absolute atomic E-state index is 2.50. The predicted molar refractivity (Wildman–Crippen MR) is 113 cm³/mol. The Morgan fingerprint density at radius 3 is 1.08 bits per heavy atom. The summed E-state index contributed by atoms with van der Waals surface area (Å²) >= 11 is 0. The van der Waals surface area contributed by atoms with E-state index in [4.69, 9.17) is 0 Å². The second-order valence-electron chi connectivity index (χ2n) is 7.54. The van der Waals surface area contributed by atoms with Crippen molar-refractivity contribution in [1.82, 2.24) is 0 Å². The van der Waals surface area contributed by atoms with Crippen molar-refractivity contribution in [1.29, 1.82) is 0 Å². The quantitative estimate of drug-likeness (QED) is 0.300. The van der Waals surface area contributed by atoms with Crippen LogP contribution in [-0.4, -0.2) is 13.9 Å². The molecule has 0 spiro atoms. The van der Waals surface area contributed by atoms with E-state index in [1.165, 1.54) is 21.7 Å². The molecule has 0 aliphatic heterocycles. The van der Waals surface area contributed by atoms with Gasteiger partial charge in [-0.25, -0.2) is 0 Å². The molecule has 130 valence electrons. The fourth-order valence-electron chi connectivity index (χ4n) is 3.48. The van der Waals surface area contributed by atoms with Crippen LogP contribution in [-0.2, 0) is 0 Å². The molecule has 0 aromatic heterocycles. The standard InChI is InChI=1S/C22H26PSi.HI/c1-24(2,3)19-23(20-13-7-4-8-14-20,21-15-9-5-10-16-21)22-17-11-6-12-18-22;/h4-18H,19H2,1-3H3;1H/q+1;/p-1. The van der Waals surface area contributed by atoms with Gasteiger partial charge in [-0.05, 0) is 36.4 Å². The van der Waals surface area contributed by atoms with E-state index in [0.717, 1.165) is 0 Å². The molecule has 3 heteroatoms. The van der Waals surface area contributed by atoms with Crippen molar-refractivity contribution >= 4 is 31.2 Å². The Morgan fingerprint density at radius 1 is 0.560 bits per heavy atom. The second-order valence-corrected chi connectivity index (χ2v) is 17.1. The van der Waals surface area contributed by atoms with E-state index < -0.39 is 15.3 Å². The average Bonchev–Trinajstić information content (AvgIpc) is 2.61. The molecule has 3 aromatic carbocycles. The lowest BCUT2D eigenvalue weighted by atomic mass is 10.4. The summed E-state index contributed by atoms with van der Waals surface area (Å²) in [5.41, 5.74) is 0. The normalized spacial score (nSPS) is 11.6. The van der Waals surface area contributed by atoms with Crippen molar-refractivity contribution in [3.63, 3.8) is 0 Å². The highest BCUT2D eigenvalue weighted by Gasteiger charge is 2.48. The maximum atomic E-state index is 2.50. The molecule has 0 N–H and O–H groups in total. The van der Waals surface area contributed by atoms with Gasteiger partial charge in [0.1, 0.15) is 23.2 Å². The van der Waals surface area contributed by atoms with Crippen LogP contribution in [0.25, 0.3) is 0 Å². The summed E-state index contributed by atoms with van der Waals surface area (Å²) in [6, 6.07) is 33.6. The zero-order valence-electron chi connectivity index (χ0n) is 15.2. The zero-order chi connectivity index (χ0) is 17.0. The highest BCUT2D eigenvalue weighted by molar-refractivity contribution is 7.97. The molecule has 3 aromatic rings. The van der Waals surface area contributed by atoms with E-state index in [-0.39, 0.29) is 24.0 Å². The Kier molecular flexibility index (Phi) is 7.01. The maximum Gasteiger partial charge on any atom is 0.108 e. The summed E-state index contributed by atoms with van der Waals surface area (Å²) in [6.45, 7) is 7.49. The number of hydrogen-bond acceptors (Lipinski definition) is 0. The summed E-state index contributed by atoms with van der Waals surface area (Å²) < 4.78 is 0. The Hall–Kier alpha value is -0.963. The van der Waals surface area contributed by atoms with E-state index in [1.807, 2.05) is 0 Å². The Balaban J connectivity index is 0.00000225. The molecule has 3 rings (SSSR count). The zero-order valence-corrected chi connectivity index (χ0v) is 19.2. The van der Waals surface area contributed by atoms with Crippen LogP contribution in [0.15, 0.2) is 91.0 Å². The first kappa shape index (κ1) is 20.4. The minimum absolute atomic E-state index is 0. The fraction of sp³-hybridized carbons (Fsp3) is 0.182. The smallest absolute Gasteiger partial charge is 0.108 e. The van der Waals surface area contributed by atoms with E-state index >= 15 is 0 Å². The van der Waals surface area contributed by atoms with Gasteiger partial charge in [0.05, 0.1) is 13.9 Å². The fourth-order valence-corrected chi connectivity index (χ4v) is 14.3. The van der Waals surface area contributed by atoms with Crippen LogP contribution in [0.2, 0.25) is 19.6 Å². The average molecular weight is 476 g/mol. The molecular weight excluding hydrogens is 450 g/mol. The predicted octanol–water partition coefficient (Wildman–Crippen LogP) is 1.86. The summed E-state index contributed by atoms with van der Waals surface area (Å²) in [5.74, 6) is 1.30. The third-order valence-corrected chi connectivity index (χ3v) is 13.5. The van der Waals surface area contributed by atoms with Crippen molar-refractivity contribution in [2.24, 2.45) is 0 Å². The molecule has 0 fully saturated rings. The molecule has 0 nitrogen and oxygen atoms in total. The minimum Gasteiger partial charge on any atom is -1.00 e. The van der Waals surface area contributed by atoms with Gasteiger partial charge in [0.15, 0.2) is 0 Å². The van der Waals surface area contributed by atoms with E-state index in [2.05, 4.69) is 111 Å². The minimum atomic E-state index is -1.61. The third-order valence-electron chi connectivity index (χ3n) is 4.30. The molecule has 0 radical (unpaired) electrons. The van der Waals surface area contributed by atoms with E-state index in [9.17, 15) is 0 Å². The Labute approximate surface area is 171 Å². The van der Waals surface area contributed by atoms with Gasteiger partial charge in [0.25, 0.3) is 0 Å². The van der Waals surface area contributed by atoms with Gasteiger partial charge < -0.3 is 24.0 Å². The van der Waals surface area contributed by atoms with Gasteiger partial charge in [-0.1, -0.05) is 74.2 Å². The number of hydrogen-bond donors (Lipinski definition) is 0. The first-order valence-electron chi connectivity index (χ1n) is 8.57. The largest absolute Gasteiger partial charge is 1.00 e. The van der Waals surface area contributed by atoms with Crippen LogP contribution in [0.4, 0.5) is 0 Å². The van der Waals surface area contributed by atoms with Crippen molar-refractivity contribution in [3.05, 3.63) is 91.0 Å². The van der Waals surface area contributed by atoms with Crippen molar-refractivity contribution in [2.75, 3.05) is 5.79 Å². The van der Waals surface area contributed by atoms with Gasteiger partial charge in [-0.2, -0.15) is 0 Å². The topological polar surface area (TPSA) is 0 Å². The van der Waals surface area contributed by atoms with E-state index in [0.29, 0.717) is 0 Å². The molecule has 0 aliphatic rings. The van der Waals surface area contributed by atoms with Gasteiger partial charge in [-0.15, -0.1) is 0 Å². The molecule has 0 aliphatic carbocycles. The van der Waals surface area contributed by atoms with Crippen molar-refractivity contribution in [3.8, 4) is 0 Å². The molecule has 0 heterocycles. The lowest BCUT2D eigenvalue weighted by molar-refractivity contribution is -0.00000505. The monoisotopic (exact) mass is 476 g/mol. The van der Waals surface area contributed by atoms with Gasteiger partial charge in [-0.3, -0.25) is 0 Å². The molecule has 0 unspecified atom stereocenters. The first-order chi connectivity index (χ1) is 11.5. The second kappa shape index (κ2) is 8.61. The molecule has 0 atom stereocenters. The molecular formula is C22H26IPSi. The number of rotatable bonds is 5. The van der Waals surface area contributed by atoms with Crippen LogP contribution < -0.4 is 39.9 Å². The summed E-state index contributed by atoms with van der Waals surface area (Å²) in [4.78, 5) is 0. The number of halogens is 1.